The smallest absolute Gasteiger partial charge is 0.193 e. The van der Waals surface area contributed by atoms with Crippen molar-refractivity contribution in [1.29, 1.82) is 0 Å². The molecule has 1 saturated heterocycles. The first kappa shape index (κ1) is 18.1. The third-order valence-electron chi connectivity index (χ3n) is 4.03. The van der Waals surface area contributed by atoms with Crippen molar-refractivity contribution < 1.29 is 4.74 Å². The number of likely N-dealkylation sites (tertiary alicyclic amines) is 1. The Kier molecular flexibility index (Phi) is 7.76. The van der Waals surface area contributed by atoms with Gasteiger partial charge in [-0.3, -0.25) is 4.99 Å². The lowest BCUT2D eigenvalue weighted by atomic mass is 10.1. The molecule has 1 fully saturated rings. The molecule has 0 unspecified atom stereocenters. The molecule has 23 heavy (non-hydrogen) atoms. The molecule has 1 aliphatic rings. The highest BCUT2D eigenvalue weighted by molar-refractivity contribution is 7.99. The van der Waals surface area contributed by atoms with Gasteiger partial charge in [0.2, 0.25) is 0 Å². The molecule has 1 N–H and O–H groups in total. The van der Waals surface area contributed by atoms with E-state index in [4.69, 9.17) is 4.74 Å². The van der Waals surface area contributed by atoms with Crippen molar-refractivity contribution in [2.45, 2.75) is 37.7 Å². The van der Waals surface area contributed by atoms with Crippen LogP contribution < -0.4 is 5.32 Å². The van der Waals surface area contributed by atoms with E-state index in [1.54, 1.807) is 0 Å². The molecule has 1 aliphatic heterocycles. The van der Waals surface area contributed by atoms with Crippen LogP contribution in [0.4, 0.5) is 0 Å². The molecule has 4 nitrogen and oxygen atoms in total. The van der Waals surface area contributed by atoms with Gasteiger partial charge in [-0.25, -0.2) is 0 Å². The molecule has 0 radical (unpaired) electrons. The molecule has 0 amide bonds. The van der Waals surface area contributed by atoms with E-state index in [1.165, 1.54) is 10.5 Å². The first-order chi connectivity index (χ1) is 11.2. The SMILES string of the molecule is CCOC1CCN(C(=NC)NCCSc2ccc(C)cc2)CC1. The van der Waals surface area contributed by atoms with Crippen LogP contribution in [0.25, 0.3) is 0 Å². The van der Waals surface area contributed by atoms with Gasteiger partial charge in [0.1, 0.15) is 0 Å². The predicted molar refractivity (Wildman–Crippen MR) is 99.5 cm³/mol. The van der Waals surface area contributed by atoms with Crippen molar-refractivity contribution in [3.63, 3.8) is 0 Å². The largest absolute Gasteiger partial charge is 0.378 e. The Balaban J connectivity index is 1.68. The van der Waals surface area contributed by atoms with E-state index in [0.29, 0.717) is 6.10 Å². The summed E-state index contributed by atoms with van der Waals surface area (Å²) >= 11 is 1.88. The number of thioether (sulfide) groups is 1. The Morgan fingerprint density at radius 2 is 2.00 bits per heavy atom. The van der Waals surface area contributed by atoms with Gasteiger partial charge >= 0.3 is 0 Å². The lowest BCUT2D eigenvalue weighted by Crippen LogP contribution is -2.47. The summed E-state index contributed by atoms with van der Waals surface area (Å²) < 4.78 is 5.71. The van der Waals surface area contributed by atoms with E-state index in [0.717, 1.165) is 50.8 Å². The summed E-state index contributed by atoms with van der Waals surface area (Å²) in [5.41, 5.74) is 1.31. The van der Waals surface area contributed by atoms with Gasteiger partial charge in [0.25, 0.3) is 0 Å². The number of nitrogens with one attached hydrogen (secondary N) is 1. The first-order valence-electron chi connectivity index (χ1n) is 8.49. The number of aliphatic imine (C=N–C) groups is 1. The molecule has 0 aliphatic carbocycles. The number of nitrogens with zero attached hydrogens (tertiary/aromatic N) is 2. The van der Waals surface area contributed by atoms with Crippen molar-refractivity contribution in [2.75, 3.05) is 39.0 Å². The van der Waals surface area contributed by atoms with Crippen LogP contribution in [0.1, 0.15) is 25.3 Å². The third kappa shape index (κ3) is 6.07. The first-order valence-corrected chi connectivity index (χ1v) is 9.48. The van der Waals surface area contributed by atoms with Crippen LogP contribution in [-0.4, -0.2) is 56.0 Å². The van der Waals surface area contributed by atoms with Crippen LogP contribution in [0.2, 0.25) is 0 Å². The normalized spacial score (nSPS) is 16.7. The number of guanidine groups is 1. The summed E-state index contributed by atoms with van der Waals surface area (Å²) in [4.78, 5) is 8.08. The summed E-state index contributed by atoms with van der Waals surface area (Å²) in [6.07, 6.45) is 2.60. The van der Waals surface area contributed by atoms with Gasteiger partial charge in [0.15, 0.2) is 5.96 Å². The average Bonchev–Trinajstić information content (AvgIpc) is 2.58. The fourth-order valence-electron chi connectivity index (χ4n) is 2.77. The highest BCUT2D eigenvalue weighted by Gasteiger charge is 2.21. The van der Waals surface area contributed by atoms with E-state index < -0.39 is 0 Å². The van der Waals surface area contributed by atoms with Crippen LogP contribution in [-0.2, 0) is 4.74 Å². The number of piperidine rings is 1. The standard InChI is InChI=1S/C18H29N3OS/c1-4-22-16-9-12-21(13-10-16)18(19-3)20-11-14-23-17-7-5-15(2)6-8-17/h5-8,16H,4,9-14H2,1-3H3,(H,19,20). The average molecular weight is 336 g/mol. The lowest BCUT2D eigenvalue weighted by molar-refractivity contribution is 0.0264. The number of aryl methyl sites for hydroxylation is 1. The molecular formula is C18H29N3OS. The number of benzene rings is 1. The van der Waals surface area contributed by atoms with Crippen molar-refractivity contribution in [3.05, 3.63) is 29.8 Å². The van der Waals surface area contributed by atoms with Gasteiger partial charge in [0.05, 0.1) is 6.10 Å². The van der Waals surface area contributed by atoms with E-state index in [9.17, 15) is 0 Å². The molecule has 0 aromatic heterocycles. The van der Waals surface area contributed by atoms with Crippen LogP contribution in [0.15, 0.2) is 34.2 Å². The Morgan fingerprint density at radius 1 is 1.30 bits per heavy atom. The zero-order valence-corrected chi connectivity index (χ0v) is 15.4. The number of hydrogen-bond donors (Lipinski definition) is 1. The monoisotopic (exact) mass is 335 g/mol. The van der Waals surface area contributed by atoms with Crippen molar-refractivity contribution >= 4 is 17.7 Å². The minimum atomic E-state index is 0.423. The van der Waals surface area contributed by atoms with Crippen molar-refractivity contribution in [1.82, 2.24) is 10.2 Å². The van der Waals surface area contributed by atoms with Crippen molar-refractivity contribution in [3.8, 4) is 0 Å². The number of rotatable bonds is 6. The molecule has 1 heterocycles. The van der Waals surface area contributed by atoms with Gasteiger partial charge in [0, 0.05) is 43.9 Å². The fourth-order valence-corrected chi connectivity index (χ4v) is 3.54. The zero-order chi connectivity index (χ0) is 16.5. The van der Waals surface area contributed by atoms with Crippen LogP contribution in [0, 0.1) is 6.92 Å². The minimum Gasteiger partial charge on any atom is -0.378 e. The van der Waals surface area contributed by atoms with Crippen LogP contribution in [0.5, 0.6) is 0 Å². The third-order valence-corrected chi connectivity index (χ3v) is 5.04. The van der Waals surface area contributed by atoms with Crippen LogP contribution in [0.3, 0.4) is 0 Å². The summed E-state index contributed by atoms with van der Waals surface area (Å²) in [5.74, 6) is 2.06. The number of ether oxygens (including phenoxy) is 1. The maximum Gasteiger partial charge on any atom is 0.193 e. The summed E-state index contributed by atoms with van der Waals surface area (Å²) in [5, 5.41) is 3.48. The molecule has 128 valence electrons. The Morgan fingerprint density at radius 3 is 2.61 bits per heavy atom. The molecule has 5 heteroatoms. The van der Waals surface area contributed by atoms with Gasteiger partial charge in [-0.2, -0.15) is 0 Å². The molecule has 2 rings (SSSR count). The molecule has 1 aromatic rings. The van der Waals surface area contributed by atoms with E-state index in [-0.39, 0.29) is 0 Å². The lowest BCUT2D eigenvalue weighted by Gasteiger charge is -2.34. The fraction of sp³-hybridized carbons (Fsp3) is 0.611. The van der Waals surface area contributed by atoms with Gasteiger partial charge in [-0.1, -0.05) is 17.7 Å². The predicted octanol–water partition coefficient (Wildman–Crippen LogP) is 3.16. The van der Waals surface area contributed by atoms with E-state index in [2.05, 4.69) is 53.3 Å². The molecular weight excluding hydrogens is 306 g/mol. The minimum absolute atomic E-state index is 0.423. The second-order valence-corrected chi connectivity index (χ2v) is 6.95. The van der Waals surface area contributed by atoms with Gasteiger partial charge in [-0.05, 0) is 38.8 Å². The molecule has 0 atom stereocenters. The zero-order valence-electron chi connectivity index (χ0n) is 14.5. The molecule has 1 aromatic carbocycles. The summed E-state index contributed by atoms with van der Waals surface area (Å²) in [7, 11) is 1.87. The maximum atomic E-state index is 5.71. The second kappa shape index (κ2) is 9.83. The summed E-state index contributed by atoms with van der Waals surface area (Å²) in [6, 6.07) is 8.70. The highest BCUT2D eigenvalue weighted by atomic mass is 32.2. The van der Waals surface area contributed by atoms with E-state index in [1.807, 2.05) is 18.8 Å². The van der Waals surface area contributed by atoms with Gasteiger partial charge in [-0.15, -0.1) is 11.8 Å². The Labute approximate surface area is 144 Å². The number of hydrogen-bond acceptors (Lipinski definition) is 3. The Bertz CT molecular complexity index is 482. The quantitative estimate of drug-likeness (QED) is 0.375. The maximum absolute atomic E-state index is 5.71. The van der Waals surface area contributed by atoms with Crippen molar-refractivity contribution in [2.24, 2.45) is 4.99 Å². The van der Waals surface area contributed by atoms with Crippen LogP contribution >= 0.6 is 11.8 Å². The highest BCUT2D eigenvalue weighted by Crippen LogP contribution is 2.17. The van der Waals surface area contributed by atoms with E-state index >= 15 is 0 Å². The topological polar surface area (TPSA) is 36.9 Å². The molecule has 0 spiro atoms. The molecule has 0 bridgehead atoms. The van der Waals surface area contributed by atoms with Gasteiger partial charge < -0.3 is 15.0 Å². The molecule has 0 saturated carbocycles. The second-order valence-electron chi connectivity index (χ2n) is 5.78. The Hall–Kier alpha value is -1.20. The summed E-state index contributed by atoms with van der Waals surface area (Å²) in [6.45, 7) is 7.97.